The van der Waals surface area contributed by atoms with E-state index in [4.69, 9.17) is 11.0 Å². The summed E-state index contributed by atoms with van der Waals surface area (Å²) in [4.78, 5) is 13.9. The van der Waals surface area contributed by atoms with Crippen molar-refractivity contribution in [1.29, 1.82) is 5.26 Å². The number of amides is 1. The van der Waals surface area contributed by atoms with Crippen LogP contribution in [0.4, 0.5) is 5.69 Å². The van der Waals surface area contributed by atoms with Crippen LogP contribution in [0, 0.1) is 17.2 Å². The predicted octanol–water partition coefficient (Wildman–Crippen LogP) is 1.01. The quantitative estimate of drug-likeness (QED) is 0.843. The molecule has 1 aromatic heterocycles. The molecule has 2 N–H and O–H groups in total. The Labute approximate surface area is 107 Å². The second kappa shape index (κ2) is 6.05. The molecular formula is C12H19N5O. The molecule has 0 aliphatic rings. The maximum atomic E-state index is 12.3. The third-order valence-corrected chi connectivity index (χ3v) is 2.43. The first-order valence-electron chi connectivity index (χ1n) is 5.91. The molecule has 0 unspecified atom stereocenters. The molecule has 6 nitrogen and oxygen atoms in total. The average molecular weight is 249 g/mol. The highest BCUT2D eigenvalue weighted by Gasteiger charge is 2.21. The fourth-order valence-corrected chi connectivity index (χ4v) is 1.72. The molecule has 0 aliphatic carbocycles. The van der Waals surface area contributed by atoms with Crippen LogP contribution in [0.5, 0.6) is 0 Å². The second-order valence-electron chi connectivity index (χ2n) is 4.66. The van der Waals surface area contributed by atoms with Crippen LogP contribution in [0.15, 0.2) is 6.20 Å². The number of carbonyl (C=O) groups is 1. The molecule has 0 atom stereocenters. The molecule has 1 rings (SSSR count). The monoisotopic (exact) mass is 249 g/mol. The van der Waals surface area contributed by atoms with Gasteiger partial charge in [0, 0.05) is 26.3 Å². The Hall–Kier alpha value is -2.03. The first kappa shape index (κ1) is 14.0. The van der Waals surface area contributed by atoms with Gasteiger partial charge in [-0.25, -0.2) is 0 Å². The predicted molar refractivity (Wildman–Crippen MR) is 68.6 cm³/mol. The minimum atomic E-state index is -0.211. The molecule has 0 aromatic carbocycles. The summed E-state index contributed by atoms with van der Waals surface area (Å²) in [5, 5.41) is 12.7. The van der Waals surface area contributed by atoms with E-state index >= 15 is 0 Å². The number of rotatable bonds is 5. The molecule has 0 fully saturated rings. The highest BCUT2D eigenvalue weighted by molar-refractivity contribution is 5.97. The molecule has 18 heavy (non-hydrogen) atoms. The van der Waals surface area contributed by atoms with Crippen molar-refractivity contribution < 1.29 is 4.79 Å². The maximum Gasteiger partial charge on any atom is 0.276 e. The minimum absolute atomic E-state index is 0.211. The van der Waals surface area contributed by atoms with Gasteiger partial charge in [0.2, 0.25) is 0 Å². The zero-order chi connectivity index (χ0) is 13.7. The van der Waals surface area contributed by atoms with Gasteiger partial charge in [-0.2, -0.15) is 10.4 Å². The van der Waals surface area contributed by atoms with E-state index in [9.17, 15) is 4.79 Å². The van der Waals surface area contributed by atoms with Gasteiger partial charge in [-0.15, -0.1) is 0 Å². The summed E-state index contributed by atoms with van der Waals surface area (Å²) in [6.45, 7) is 5.04. The number of hydrogen-bond acceptors (Lipinski definition) is 4. The van der Waals surface area contributed by atoms with Gasteiger partial charge in [0.05, 0.1) is 18.2 Å². The Kier molecular flexibility index (Phi) is 4.72. The molecule has 1 aromatic rings. The van der Waals surface area contributed by atoms with Crippen molar-refractivity contribution >= 4 is 11.6 Å². The molecule has 0 bridgehead atoms. The first-order chi connectivity index (χ1) is 8.45. The Bertz CT molecular complexity index is 458. The van der Waals surface area contributed by atoms with Crippen molar-refractivity contribution in [2.45, 2.75) is 20.3 Å². The summed E-state index contributed by atoms with van der Waals surface area (Å²) in [5.74, 6) is 0.120. The topological polar surface area (TPSA) is 87.9 Å². The van der Waals surface area contributed by atoms with Crippen LogP contribution in [-0.2, 0) is 7.05 Å². The van der Waals surface area contributed by atoms with Crippen molar-refractivity contribution in [3.8, 4) is 6.07 Å². The third kappa shape index (κ3) is 3.48. The standard InChI is InChI=1S/C12H19N5O/c1-9(2)7-17(6-4-5-13)12(18)11-10(14)8-16(3)15-11/h8-9H,4,6-7,14H2,1-3H3. The molecule has 6 heteroatoms. The Balaban J connectivity index is 2.88. The summed E-state index contributed by atoms with van der Waals surface area (Å²) in [7, 11) is 1.72. The number of carbonyl (C=O) groups excluding carboxylic acids is 1. The van der Waals surface area contributed by atoms with Gasteiger partial charge in [0.15, 0.2) is 5.69 Å². The van der Waals surface area contributed by atoms with Crippen LogP contribution >= 0.6 is 0 Å². The number of aryl methyl sites for hydroxylation is 1. The molecule has 0 spiro atoms. The summed E-state index contributed by atoms with van der Waals surface area (Å²) >= 11 is 0. The number of anilines is 1. The van der Waals surface area contributed by atoms with Crippen LogP contribution in [0.1, 0.15) is 30.8 Å². The number of nitrogens with zero attached hydrogens (tertiary/aromatic N) is 4. The normalized spacial score (nSPS) is 10.4. The van der Waals surface area contributed by atoms with E-state index in [-0.39, 0.29) is 11.6 Å². The first-order valence-corrected chi connectivity index (χ1v) is 5.91. The average Bonchev–Trinajstić information content (AvgIpc) is 2.62. The van der Waals surface area contributed by atoms with Gasteiger partial charge in [-0.3, -0.25) is 9.48 Å². The zero-order valence-corrected chi connectivity index (χ0v) is 11.1. The lowest BCUT2D eigenvalue weighted by atomic mass is 10.2. The summed E-state index contributed by atoms with van der Waals surface area (Å²) in [6.07, 6.45) is 1.91. The Morgan fingerprint density at radius 1 is 1.67 bits per heavy atom. The second-order valence-corrected chi connectivity index (χ2v) is 4.66. The van der Waals surface area contributed by atoms with Crippen molar-refractivity contribution in [3.05, 3.63) is 11.9 Å². The van der Waals surface area contributed by atoms with Gasteiger partial charge < -0.3 is 10.6 Å². The lowest BCUT2D eigenvalue weighted by Gasteiger charge is -2.22. The van der Waals surface area contributed by atoms with Gasteiger partial charge >= 0.3 is 0 Å². The van der Waals surface area contributed by atoms with Crippen molar-refractivity contribution in [2.75, 3.05) is 18.8 Å². The number of aromatic nitrogens is 2. The van der Waals surface area contributed by atoms with Crippen molar-refractivity contribution in [1.82, 2.24) is 14.7 Å². The van der Waals surface area contributed by atoms with E-state index in [1.807, 2.05) is 19.9 Å². The Morgan fingerprint density at radius 2 is 2.33 bits per heavy atom. The lowest BCUT2D eigenvalue weighted by Crippen LogP contribution is -2.35. The SMILES string of the molecule is CC(C)CN(CCC#N)C(=O)c1nn(C)cc1N. The molecule has 1 heterocycles. The van der Waals surface area contributed by atoms with E-state index in [1.54, 1.807) is 18.1 Å². The molecular weight excluding hydrogens is 230 g/mol. The minimum Gasteiger partial charge on any atom is -0.396 e. The van der Waals surface area contributed by atoms with Gasteiger partial charge in [-0.1, -0.05) is 13.8 Å². The number of hydrogen-bond donors (Lipinski definition) is 1. The largest absolute Gasteiger partial charge is 0.396 e. The summed E-state index contributed by atoms with van der Waals surface area (Å²) in [5.41, 5.74) is 6.37. The van der Waals surface area contributed by atoms with Crippen LogP contribution in [0.25, 0.3) is 0 Å². The highest BCUT2D eigenvalue weighted by Crippen LogP contribution is 2.13. The van der Waals surface area contributed by atoms with Crippen LogP contribution in [-0.4, -0.2) is 33.7 Å². The lowest BCUT2D eigenvalue weighted by molar-refractivity contribution is 0.0734. The van der Waals surface area contributed by atoms with E-state index in [1.165, 1.54) is 4.68 Å². The van der Waals surface area contributed by atoms with Gasteiger partial charge in [0.25, 0.3) is 5.91 Å². The third-order valence-electron chi connectivity index (χ3n) is 2.43. The molecule has 0 radical (unpaired) electrons. The number of nitrogen functional groups attached to an aromatic ring is 1. The van der Waals surface area contributed by atoms with E-state index < -0.39 is 0 Å². The summed E-state index contributed by atoms with van der Waals surface area (Å²) < 4.78 is 1.51. The number of nitriles is 1. The van der Waals surface area contributed by atoms with E-state index in [0.29, 0.717) is 31.1 Å². The Morgan fingerprint density at radius 3 is 2.78 bits per heavy atom. The highest BCUT2D eigenvalue weighted by atomic mass is 16.2. The molecule has 0 saturated heterocycles. The zero-order valence-electron chi connectivity index (χ0n) is 11.1. The molecule has 0 saturated carbocycles. The van der Waals surface area contributed by atoms with Crippen molar-refractivity contribution in [2.24, 2.45) is 13.0 Å². The molecule has 1 amide bonds. The maximum absolute atomic E-state index is 12.3. The van der Waals surface area contributed by atoms with Gasteiger partial charge in [0.1, 0.15) is 0 Å². The van der Waals surface area contributed by atoms with Crippen LogP contribution < -0.4 is 5.73 Å². The summed E-state index contributed by atoms with van der Waals surface area (Å²) in [6, 6.07) is 2.05. The number of nitrogens with two attached hydrogens (primary N) is 1. The van der Waals surface area contributed by atoms with E-state index in [0.717, 1.165) is 0 Å². The van der Waals surface area contributed by atoms with Gasteiger partial charge in [-0.05, 0) is 5.92 Å². The molecule has 0 aliphatic heterocycles. The van der Waals surface area contributed by atoms with E-state index in [2.05, 4.69) is 5.10 Å². The van der Waals surface area contributed by atoms with Crippen LogP contribution in [0.3, 0.4) is 0 Å². The van der Waals surface area contributed by atoms with Crippen LogP contribution in [0.2, 0.25) is 0 Å². The fraction of sp³-hybridized carbons (Fsp3) is 0.583. The fourth-order valence-electron chi connectivity index (χ4n) is 1.72. The van der Waals surface area contributed by atoms with Crippen molar-refractivity contribution in [3.63, 3.8) is 0 Å². The smallest absolute Gasteiger partial charge is 0.276 e. The molecule has 98 valence electrons.